The number of anilines is 2. The maximum Gasteiger partial charge on any atom is 0.573 e. The number of carbonyl (C=O) groups is 1. The Bertz CT molecular complexity index is 1100. The fourth-order valence-electron chi connectivity index (χ4n) is 2.93. The van der Waals surface area contributed by atoms with E-state index in [0.29, 0.717) is 26.7 Å². The molecule has 1 aliphatic rings. The van der Waals surface area contributed by atoms with Crippen LogP contribution >= 0.6 is 35.8 Å². The van der Waals surface area contributed by atoms with Crippen molar-refractivity contribution in [3.05, 3.63) is 64.3 Å². The lowest BCUT2D eigenvalue weighted by Gasteiger charge is -2.15. The second-order valence-corrected chi connectivity index (χ2v) is 8.36. The van der Waals surface area contributed by atoms with Crippen LogP contribution in [-0.2, 0) is 4.79 Å². The molecule has 0 bridgehead atoms. The van der Waals surface area contributed by atoms with Gasteiger partial charge in [-0.15, -0.1) is 25.8 Å². The first-order valence-corrected chi connectivity index (χ1v) is 11.2. The molecule has 184 valence electrons. The molecule has 1 aromatic heterocycles. The molecule has 6 nitrogen and oxygen atoms in total. The summed E-state index contributed by atoms with van der Waals surface area (Å²) in [5, 5.41) is 1.59. The van der Waals surface area contributed by atoms with Gasteiger partial charge in [0.15, 0.2) is 0 Å². The second kappa shape index (κ2) is 11.8. The van der Waals surface area contributed by atoms with E-state index in [1.54, 1.807) is 54.9 Å². The Morgan fingerprint density at radius 2 is 1.68 bits per heavy atom. The minimum atomic E-state index is -4.60. The number of halogens is 5. The summed E-state index contributed by atoms with van der Waals surface area (Å²) in [4.78, 5) is 18.1. The largest absolute Gasteiger partial charge is 0.573 e. The van der Waals surface area contributed by atoms with Crippen LogP contribution in [0.15, 0.2) is 53.7 Å². The van der Waals surface area contributed by atoms with E-state index in [0.717, 1.165) is 12.1 Å². The van der Waals surface area contributed by atoms with Gasteiger partial charge in [-0.25, -0.2) is 9.88 Å². The minimum Gasteiger partial charge on any atom is -0.406 e. The molecule has 1 amide bonds. The number of alkyl halides is 3. The number of ether oxygens (including phenoxy) is 1. The summed E-state index contributed by atoms with van der Waals surface area (Å²) in [6.45, 7) is 6.25. The van der Waals surface area contributed by atoms with Gasteiger partial charge in [0.1, 0.15) is 11.8 Å². The fourth-order valence-corrected chi connectivity index (χ4v) is 3.76. The summed E-state index contributed by atoms with van der Waals surface area (Å²) in [6.07, 6.45) is -2.99. The molecule has 0 radical (unpaired) electrons. The van der Waals surface area contributed by atoms with E-state index in [9.17, 15) is 18.0 Å². The van der Waals surface area contributed by atoms with Gasteiger partial charge in [-0.3, -0.25) is 9.36 Å². The third kappa shape index (κ3) is 7.30. The summed E-state index contributed by atoms with van der Waals surface area (Å²) >= 11 is 16.3. The van der Waals surface area contributed by atoms with E-state index >= 15 is 0 Å². The predicted octanol–water partition coefficient (Wildman–Crippen LogP) is 6.58. The normalized spacial score (nSPS) is 14.6. The molecular formula is C22H23Cl2F3N4O2S. The maximum atomic E-state index is 12.3. The number of carbonyl (C=O) groups excluding carboxylic acids is 1. The van der Waals surface area contributed by atoms with Crippen molar-refractivity contribution < 1.29 is 22.7 Å². The molecule has 34 heavy (non-hydrogen) atoms. The molecule has 0 saturated carbocycles. The topological polar surface area (TPSA) is 73.4 Å². The summed E-state index contributed by atoms with van der Waals surface area (Å²) in [6, 6.07) is 10.3. The van der Waals surface area contributed by atoms with Crippen molar-refractivity contribution in [1.29, 1.82) is 0 Å². The molecule has 2 aromatic carbocycles. The van der Waals surface area contributed by atoms with Gasteiger partial charge in [-0.05, 0) is 50.7 Å². The summed E-state index contributed by atoms with van der Waals surface area (Å²) < 4.78 is 40.3. The number of hydrogen-bond acceptors (Lipinski definition) is 5. The van der Waals surface area contributed by atoms with Crippen LogP contribution in [0, 0.1) is 6.92 Å². The third-order valence-electron chi connectivity index (χ3n) is 4.28. The Balaban J connectivity index is 0.000000234. The van der Waals surface area contributed by atoms with Gasteiger partial charge in [0.05, 0.1) is 16.9 Å². The van der Waals surface area contributed by atoms with E-state index < -0.39 is 6.36 Å². The average molecular weight is 535 g/mol. The Kier molecular flexibility index (Phi) is 9.69. The molecule has 0 fully saturated rings. The van der Waals surface area contributed by atoms with Crippen LogP contribution in [0.1, 0.15) is 25.5 Å². The molecule has 12 heteroatoms. The maximum absolute atomic E-state index is 12.3. The molecule has 3 aromatic rings. The van der Waals surface area contributed by atoms with Gasteiger partial charge < -0.3 is 10.5 Å². The van der Waals surface area contributed by atoms with E-state index in [1.165, 1.54) is 17.0 Å². The Hall–Kier alpha value is -2.40. The van der Waals surface area contributed by atoms with Crippen molar-refractivity contribution in [2.24, 2.45) is 5.73 Å². The van der Waals surface area contributed by atoms with Crippen LogP contribution in [0.3, 0.4) is 0 Å². The molecule has 1 atom stereocenters. The summed E-state index contributed by atoms with van der Waals surface area (Å²) in [7, 11) is 0. The van der Waals surface area contributed by atoms with Gasteiger partial charge >= 0.3 is 6.36 Å². The highest BCUT2D eigenvalue weighted by Crippen LogP contribution is 2.39. The number of amides is 1. The lowest BCUT2D eigenvalue weighted by molar-refractivity contribution is -0.274. The highest BCUT2D eigenvalue weighted by atomic mass is 35.5. The van der Waals surface area contributed by atoms with Crippen molar-refractivity contribution in [2.45, 2.75) is 38.2 Å². The van der Waals surface area contributed by atoms with Gasteiger partial charge in [0.2, 0.25) is 5.95 Å². The third-order valence-corrected chi connectivity index (χ3v) is 5.05. The number of aryl methyl sites for hydroxylation is 1. The number of fused-ring (bicyclic) bond motifs is 1. The SMILES string of the molecule is CC1C(=O)N(c2cc(Cl)cc(Cl)c2)c2ncc(S)n21.CCN.Cc1ccc(OC(F)(F)F)cc1. The van der Waals surface area contributed by atoms with E-state index in [4.69, 9.17) is 28.9 Å². The number of benzene rings is 2. The molecule has 1 aliphatic heterocycles. The van der Waals surface area contributed by atoms with Gasteiger partial charge in [0.25, 0.3) is 5.91 Å². The minimum absolute atomic E-state index is 0.0864. The zero-order valence-electron chi connectivity index (χ0n) is 18.5. The average Bonchev–Trinajstić information content (AvgIpc) is 3.21. The highest BCUT2D eigenvalue weighted by Gasteiger charge is 2.37. The van der Waals surface area contributed by atoms with Crippen molar-refractivity contribution >= 4 is 53.4 Å². The van der Waals surface area contributed by atoms with Crippen molar-refractivity contribution in [2.75, 3.05) is 11.4 Å². The number of imidazole rings is 1. The predicted molar refractivity (Wildman–Crippen MR) is 130 cm³/mol. The Morgan fingerprint density at radius 1 is 1.15 bits per heavy atom. The lowest BCUT2D eigenvalue weighted by atomic mass is 10.2. The molecule has 1 unspecified atom stereocenters. The van der Waals surface area contributed by atoms with Gasteiger partial charge in [-0.2, -0.15) is 0 Å². The van der Waals surface area contributed by atoms with Crippen molar-refractivity contribution in [3.8, 4) is 5.75 Å². The summed E-state index contributed by atoms with van der Waals surface area (Å²) in [5.41, 5.74) is 6.34. The van der Waals surface area contributed by atoms with Crippen LogP contribution in [0.4, 0.5) is 24.8 Å². The van der Waals surface area contributed by atoms with Gasteiger partial charge in [-0.1, -0.05) is 47.8 Å². The standard InChI is InChI=1S/C12H9Cl2N3OS.C8H7F3O.C2H7N/c1-6-11(18)17(12-15-5-10(19)16(6)12)9-3-7(13)2-8(14)4-9;1-6-2-4-7(5-3-6)12-8(9,10)11;1-2-3/h2-6,19H,1H3;2-5H,1H3;2-3H2,1H3. The molecule has 4 rings (SSSR count). The number of nitrogens with zero attached hydrogens (tertiary/aromatic N) is 3. The van der Waals surface area contributed by atoms with Crippen molar-refractivity contribution in [3.63, 3.8) is 0 Å². The fraction of sp³-hybridized carbons (Fsp3) is 0.273. The Labute approximate surface area is 210 Å². The molecule has 2 heterocycles. The molecule has 0 saturated heterocycles. The second-order valence-electron chi connectivity index (χ2n) is 7.03. The number of rotatable bonds is 2. The zero-order valence-corrected chi connectivity index (χ0v) is 20.9. The highest BCUT2D eigenvalue weighted by molar-refractivity contribution is 7.80. The summed E-state index contributed by atoms with van der Waals surface area (Å²) in [5.74, 6) is 0.255. The first-order chi connectivity index (χ1) is 15.9. The first kappa shape index (κ1) is 27.8. The lowest BCUT2D eigenvalue weighted by Crippen LogP contribution is -2.23. The molecule has 2 N–H and O–H groups in total. The number of aromatic nitrogens is 2. The molecule has 0 aliphatic carbocycles. The first-order valence-electron chi connectivity index (χ1n) is 9.96. The van der Waals surface area contributed by atoms with E-state index in [2.05, 4.69) is 22.3 Å². The number of nitrogens with two attached hydrogens (primary N) is 1. The van der Waals surface area contributed by atoms with Crippen LogP contribution in [0.5, 0.6) is 5.75 Å². The molecule has 0 spiro atoms. The number of thiol groups is 1. The smallest absolute Gasteiger partial charge is 0.406 e. The van der Waals surface area contributed by atoms with E-state index in [1.807, 2.05) is 6.92 Å². The van der Waals surface area contributed by atoms with Crippen molar-refractivity contribution in [1.82, 2.24) is 9.55 Å². The monoisotopic (exact) mass is 534 g/mol. The van der Waals surface area contributed by atoms with Crippen LogP contribution in [0.2, 0.25) is 10.0 Å². The van der Waals surface area contributed by atoms with E-state index in [-0.39, 0.29) is 17.7 Å². The molecular weight excluding hydrogens is 512 g/mol. The Morgan fingerprint density at radius 3 is 2.18 bits per heavy atom. The van der Waals surface area contributed by atoms with Crippen LogP contribution in [-0.4, -0.2) is 28.4 Å². The van der Waals surface area contributed by atoms with Crippen LogP contribution < -0.4 is 15.4 Å². The van der Waals surface area contributed by atoms with Gasteiger partial charge in [0, 0.05) is 10.0 Å². The quantitative estimate of drug-likeness (QED) is 0.364. The zero-order chi connectivity index (χ0) is 25.6. The number of hydrogen-bond donors (Lipinski definition) is 2. The van der Waals surface area contributed by atoms with Crippen LogP contribution in [0.25, 0.3) is 0 Å².